The van der Waals surface area contributed by atoms with Gasteiger partial charge in [-0.3, -0.25) is 9.20 Å². The first-order valence-corrected chi connectivity index (χ1v) is 8.12. The lowest BCUT2D eigenvalue weighted by Gasteiger charge is -2.16. The molecule has 0 aliphatic carbocycles. The predicted molar refractivity (Wildman–Crippen MR) is 90.3 cm³/mol. The lowest BCUT2D eigenvalue weighted by molar-refractivity contribution is -0.123. The maximum atomic E-state index is 13.3. The maximum absolute atomic E-state index is 13.3. The molecule has 3 rings (SSSR count). The van der Waals surface area contributed by atoms with Gasteiger partial charge in [-0.05, 0) is 30.7 Å². The molecule has 0 spiro atoms. The number of amides is 1. The molecule has 0 radical (unpaired) electrons. The number of rotatable bonds is 5. The summed E-state index contributed by atoms with van der Waals surface area (Å²) in [5.41, 5.74) is 0.586. The highest BCUT2D eigenvalue weighted by molar-refractivity contribution is 5.99. The summed E-state index contributed by atoms with van der Waals surface area (Å²) in [6.45, 7) is -3.57. The standard InChI is InChI=1S/C18H13F6N3O2/c1-9-4-10(12-7-25-14-6-11(19)2-3-27(12)14)5-13(29-17(20)21)15(9)16(28)26-8-18(22,23)24/h2-7,17H,8H2,1H3,(H,26,28). The predicted octanol–water partition coefficient (Wildman–Crippen LogP) is 4.34. The highest BCUT2D eigenvalue weighted by Gasteiger charge is 2.29. The van der Waals surface area contributed by atoms with E-state index in [1.54, 1.807) is 5.32 Å². The molecule has 0 saturated carbocycles. The Balaban J connectivity index is 2.06. The highest BCUT2D eigenvalue weighted by atomic mass is 19.4. The van der Waals surface area contributed by atoms with Crippen LogP contribution in [-0.2, 0) is 0 Å². The van der Waals surface area contributed by atoms with E-state index in [9.17, 15) is 31.1 Å². The molecular formula is C18H13F6N3O2. The Morgan fingerprint density at radius 3 is 2.66 bits per heavy atom. The number of pyridine rings is 1. The third kappa shape index (κ3) is 4.61. The van der Waals surface area contributed by atoms with Crippen LogP contribution < -0.4 is 10.1 Å². The minimum Gasteiger partial charge on any atom is -0.434 e. The average molecular weight is 417 g/mol. The van der Waals surface area contributed by atoms with Gasteiger partial charge in [0.25, 0.3) is 5.91 Å². The summed E-state index contributed by atoms with van der Waals surface area (Å²) in [5.74, 6) is -2.32. The zero-order chi connectivity index (χ0) is 21.3. The van der Waals surface area contributed by atoms with Crippen LogP contribution in [0.3, 0.4) is 0 Å². The van der Waals surface area contributed by atoms with E-state index in [1.165, 1.54) is 35.9 Å². The summed E-state index contributed by atoms with van der Waals surface area (Å²) in [5, 5.41) is 1.64. The molecule has 11 heteroatoms. The summed E-state index contributed by atoms with van der Waals surface area (Å²) < 4.78 is 82.0. The van der Waals surface area contributed by atoms with Gasteiger partial charge in [0.05, 0.1) is 17.5 Å². The van der Waals surface area contributed by atoms with Crippen molar-refractivity contribution < 1.29 is 35.9 Å². The fraction of sp³-hybridized carbons (Fsp3) is 0.222. The molecule has 1 N–H and O–H groups in total. The molecule has 29 heavy (non-hydrogen) atoms. The Hall–Kier alpha value is -3.24. The van der Waals surface area contributed by atoms with Gasteiger partial charge in [-0.15, -0.1) is 0 Å². The SMILES string of the molecule is Cc1cc(-c2cnc3cc(F)ccn23)cc(OC(F)F)c1C(=O)NCC(F)(F)F. The van der Waals surface area contributed by atoms with Crippen molar-refractivity contribution in [1.82, 2.24) is 14.7 Å². The van der Waals surface area contributed by atoms with Gasteiger partial charge < -0.3 is 10.1 Å². The number of hydrogen-bond acceptors (Lipinski definition) is 3. The summed E-state index contributed by atoms with van der Waals surface area (Å²) >= 11 is 0. The molecule has 0 aliphatic heterocycles. The van der Waals surface area contributed by atoms with Crippen LogP contribution in [0, 0.1) is 12.7 Å². The molecule has 5 nitrogen and oxygen atoms in total. The number of alkyl halides is 5. The second kappa shape index (κ2) is 7.64. The molecule has 2 aromatic heterocycles. The van der Waals surface area contributed by atoms with E-state index in [0.29, 0.717) is 11.3 Å². The van der Waals surface area contributed by atoms with Gasteiger partial charge in [0, 0.05) is 17.8 Å². The van der Waals surface area contributed by atoms with Gasteiger partial charge in [0.2, 0.25) is 0 Å². The third-order valence-electron chi connectivity index (χ3n) is 3.96. The number of hydrogen-bond donors (Lipinski definition) is 1. The van der Waals surface area contributed by atoms with Crippen molar-refractivity contribution >= 4 is 11.6 Å². The van der Waals surface area contributed by atoms with E-state index in [2.05, 4.69) is 9.72 Å². The first kappa shape index (κ1) is 20.5. The number of halogens is 6. The number of ether oxygens (including phenoxy) is 1. The van der Waals surface area contributed by atoms with Gasteiger partial charge in [-0.25, -0.2) is 9.37 Å². The summed E-state index contributed by atoms with van der Waals surface area (Å²) in [4.78, 5) is 16.2. The molecule has 0 aliphatic rings. The molecule has 0 atom stereocenters. The molecule has 1 amide bonds. The number of nitrogens with zero attached hydrogens (tertiary/aromatic N) is 2. The van der Waals surface area contributed by atoms with E-state index in [1.807, 2.05) is 0 Å². The molecule has 0 fully saturated rings. The van der Waals surface area contributed by atoms with E-state index in [-0.39, 0.29) is 11.2 Å². The molecule has 0 bridgehead atoms. The van der Waals surface area contributed by atoms with Crippen LogP contribution in [0.4, 0.5) is 26.3 Å². The van der Waals surface area contributed by atoms with Gasteiger partial charge >= 0.3 is 12.8 Å². The summed E-state index contributed by atoms with van der Waals surface area (Å²) in [6.07, 6.45) is -1.93. The summed E-state index contributed by atoms with van der Waals surface area (Å²) in [6, 6.07) is 4.83. The fourth-order valence-electron chi connectivity index (χ4n) is 2.82. The number of benzene rings is 1. The lowest BCUT2D eigenvalue weighted by atomic mass is 10.0. The number of imidazole rings is 1. The Bertz CT molecular complexity index is 1060. The van der Waals surface area contributed by atoms with Crippen molar-refractivity contribution in [2.75, 3.05) is 6.54 Å². The third-order valence-corrected chi connectivity index (χ3v) is 3.96. The maximum Gasteiger partial charge on any atom is 0.405 e. The molecule has 0 saturated heterocycles. The smallest absolute Gasteiger partial charge is 0.405 e. The zero-order valence-corrected chi connectivity index (χ0v) is 14.7. The van der Waals surface area contributed by atoms with Crippen molar-refractivity contribution in [3.05, 3.63) is 53.6 Å². The minimum absolute atomic E-state index is 0.106. The number of aromatic nitrogens is 2. The van der Waals surface area contributed by atoms with E-state index < -0.39 is 42.4 Å². The van der Waals surface area contributed by atoms with Gasteiger partial charge in [-0.1, -0.05) is 0 Å². The fourth-order valence-corrected chi connectivity index (χ4v) is 2.82. The number of aryl methyl sites for hydroxylation is 1. The van der Waals surface area contributed by atoms with Crippen LogP contribution >= 0.6 is 0 Å². The van der Waals surface area contributed by atoms with Gasteiger partial charge in [0.1, 0.15) is 23.8 Å². The minimum atomic E-state index is -4.67. The molecule has 0 unspecified atom stereocenters. The number of carbonyl (C=O) groups excluding carboxylic acids is 1. The van der Waals surface area contributed by atoms with Crippen molar-refractivity contribution in [2.45, 2.75) is 19.7 Å². The first-order chi connectivity index (χ1) is 13.5. The van der Waals surface area contributed by atoms with Crippen LogP contribution in [0.25, 0.3) is 16.9 Å². The molecule has 2 heterocycles. The number of fused-ring (bicyclic) bond motifs is 1. The van der Waals surface area contributed by atoms with E-state index >= 15 is 0 Å². The normalized spacial score (nSPS) is 11.9. The first-order valence-electron chi connectivity index (χ1n) is 8.12. The Labute approximate surface area is 159 Å². The highest BCUT2D eigenvalue weighted by Crippen LogP contribution is 2.32. The second-order valence-electron chi connectivity index (χ2n) is 6.06. The van der Waals surface area contributed by atoms with Crippen LogP contribution in [0.2, 0.25) is 0 Å². The van der Waals surface area contributed by atoms with Crippen LogP contribution in [0.1, 0.15) is 15.9 Å². The van der Waals surface area contributed by atoms with Crippen molar-refractivity contribution in [3.63, 3.8) is 0 Å². The topological polar surface area (TPSA) is 55.6 Å². The van der Waals surface area contributed by atoms with Crippen molar-refractivity contribution in [1.29, 1.82) is 0 Å². The zero-order valence-electron chi connectivity index (χ0n) is 14.7. The van der Waals surface area contributed by atoms with Gasteiger partial charge in [-0.2, -0.15) is 22.0 Å². The molecular weight excluding hydrogens is 404 g/mol. The number of nitrogens with one attached hydrogen (secondary N) is 1. The average Bonchev–Trinajstić information content (AvgIpc) is 3.01. The molecule has 3 aromatic rings. The Morgan fingerprint density at radius 2 is 2.00 bits per heavy atom. The monoisotopic (exact) mass is 417 g/mol. The van der Waals surface area contributed by atoms with Crippen molar-refractivity contribution in [2.24, 2.45) is 0 Å². The largest absolute Gasteiger partial charge is 0.434 e. The van der Waals surface area contributed by atoms with Crippen molar-refractivity contribution in [3.8, 4) is 17.0 Å². The van der Waals surface area contributed by atoms with Gasteiger partial charge in [0.15, 0.2) is 0 Å². The van der Waals surface area contributed by atoms with Crippen LogP contribution in [0.15, 0.2) is 36.7 Å². The molecule has 154 valence electrons. The lowest BCUT2D eigenvalue weighted by Crippen LogP contribution is -2.34. The van der Waals surface area contributed by atoms with Crippen LogP contribution in [0.5, 0.6) is 5.75 Å². The van der Waals surface area contributed by atoms with E-state index in [4.69, 9.17) is 0 Å². The Morgan fingerprint density at radius 1 is 1.28 bits per heavy atom. The molecule has 1 aromatic carbocycles. The summed E-state index contributed by atoms with van der Waals surface area (Å²) in [7, 11) is 0. The second-order valence-corrected chi connectivity index (χ2v) is 6.06. The van der Waals surface area contributed by atoms with Crippen LogP contribution in [-0.4, -0.2) is 34.6 Å². The van der Waals surface area contributed by atoms with E-state index in [0.717, 1.165) is 12.1 Å². The number of carbonyl (C=O) groups is 1. The quantitative estimate of drug-likeness (QED) is 0.629. The Kier molecular flexibility index (Phi) is 5.40.